The van der Waals surface area contributed by atoms with Crippen molar-refractivity contribution in [3.63, 3.8) is 0 Å². The summed E-state index contributed by atoms with van der Waals surface area (Å²) < 4.78 is 62.9. The topological polar surface area (TPSA) is 84.0 Å². The van der Waals surface area contributed by atoms with Crippen LogP contribution in [0.15, 0.2) is 82.6 Å². The summed E-state index contributed by atoms with van der Waals surface area (Å²) in [6.45, 7) is 5.51. The van der Waals surface area contributed by atoms with Crippen LogP contribution in [0.1, 0.15) is 29.8 Å². The fourth-order valence-electron chi connectivity index (χ4n) is 4.17. The molecule has 7 nitrogen and oxygen atoms in total. The molecule has 0 saturated carbocycles. The van der Waals surface area contributed by atoms with E-state index >= 15 is 0 Å². The van der Waals surface area contributed by atoms with Gasteiger partial charge in [-0.15, -0.1) is 0 Å². The van der Waals surface area contributed by atoms with E-state index in [0.717, 1.165) is 11.1 Å². The Morgan fingerprint density at radius 1 is 0.735 bits per heavy atom. The summed E-state index contributed by atoms with van der Waals surface area (Å²) in [7, 11) is -6.45. The van der Waals surface area contributed by atoms with Crippen LogP contribution >= 0.6 is 0 Å². The minimum atomic E-state index is -4.00. The van der Waals surface area contributed by atoms with Gasteiger partial charge in [0.1, 0.15) is 11.9 Å². The van der Waals surface area contributed by atoms with Gasteiger partial charge in [0.2, 0.25) is 20.0 Å². The Kier molecular flexibility index (Phi) is 6.56. The van der Waals surface area contributed by atoms with E-state index in [9.17, 15) is 16.8 Å². The van der Waals surface area contributed by atoms with Crippen LogP contribution in [-0.4, -0.2) is 45.1 Å². The van der Waals surface area contributed by atoms with Crippen molar-refractivity contribution < 1.29 is 21.6 Å². The lowest BCUT2D eigenvalue weighted by atomic mass is 10.1. The minimum absolute atomic E-state index is 0.0258. The second kappa shape index (κ2) is 9.14. The lowest BCUT2D eigenvalue weighted by molar-refractivity contribution is 0.275. The van der Waals surface area contributed by atoms with Gasteiger partial charge in [-0.2, -0.15) is 8.61 Å². The highest BCUT2D eigenvalue weighted by Gasteiger charge is 2.50. The van der Waals surface area contributed by atoms with E-state index in [1.807, 2.05) is 13.8 Å². The van der Waals surface area contributed by atoms with E-state index in [1.165, 1.54) is 15.7 Å². The van der Waals surface area contributed by atoms with E-state index in [4.69, 9.17) is 4.74 Å². The van der Waals surface area contributed by atoms with Crippen LogP contribution in [0.2, 0.25) is 0 Å². The Hall–Kier alpha value is -2.72. The normalized spacial score (nSPS) is 19.9. The highest BCUT2D eigenvalue weighted by atomic mass is 32.2. The molecule has 4 rings (SSSR count). The van der Waals surface area contributed by atoms with Gasteiger partial charge in [-0.25, -0.2) is 16.8 Å². The molecule has 9 heteroatoms. The Bertz CT molecular complexity index is 1370. The van der Waals surface area contributed by atoms with E-state index in [2.05, 4.69) is 0 Å². The number of methoxy groups -OCH3 is 1. The van der Waals surface area contributed by atoms with Crippen molar-refractivity contribution in [3.05, 3.63) is 89.5 Å². The molecule has 0 radical (unpaired) electrons. The van der Waals surface area contributed by atoms with Gasteiger partial charge in [0.25, 0.3) is 0 Å². The Morgan fingerprint density at radius 2 is 1.21 bits per heavy atom. The Morgan fingerprint density at radius 3 is 1.68 bits per heavy atom. The van der Waals surface area contributed by atoms with Crippen molar-refractivity contribution in [3.8, 4) is 5.75 Å². The van der Waals surface area contributed by atoms with E-state index in [0.29, 0.717) is 11.3 Å². The molecular formula is C25H28N2O5S2. The molecule has 0 unspecified atom stereocenters. The number of nitrogens with zero attached hydrogens (tertiary/aromatic N) is 2. The fraction of sp³-hybridized carbons (Fsp3) is 0.280. The standard InChI is InChI=1S/C25H28N2O5S2/c1-18-5-13-23(14-6-18)33(28,29)26-17-20(3)27(25(26)21-9-11-22(32-4)12-10-21)34(30,31)24-15-7-19(2)8-16-24/h5-16,20,25H,17H2,1-4H3/t20-,25+/m0/s1. The lowest BCUT2D eigenvalue weighted by Gasteiger charge is -2.31. The van der Waals surface area contributed by atoms with Crippen molar-refractivity contribution in [1.29, 1.82) is 0 Å². The minimum Gasteiger partial charge on any atom is -0.497 e. The van der Waals surface area contributed by atoms with Gasteiger partial charge in [0, 0.05) is 12.6 Å². The number of hydrogen-bond donors (Lipinski definition) is 0. The lowest BCUT2D eigenvalue weighted by Crippen LogP contribution is -2.39. The Balaban J connectivity index is 1.87. The van der Waals surface area contributed by atoms with Crippen LogP contribution in [0.25, 0.3) is 0 Å². The number of hydrogen-bond acceptors (Lipinski definition) is 5. The first-order valence-electron chi connectivity index (χ1n) is 10.9. The third-order valence-corrected chi connectivity index (χ3v) is 9.85. The zero-order valence-electron chi connectivity index (χ0n) is 19.5. The van der Waals surface area contributed by atoms with Crippen LogP contribution in [-0.2, 0) is 20.0 Å². The zero-order chi connectivity index (χ0) is 24.7. The summed E-state index contributed by atoms with van der Waals surface area (Å²) >= 11 is 0. The first-order valence-corrected chi connectivity index (χ1v) is 13.8. The highest BCUT2D eigenvalue weighted by Crippen LogP contribution is 2.41. The molecule has 34 heavy (non-hydrogen) atoms. The summed E-state index contributed by atoms with van der Waals surface area (Å²) in [5, 5.41) is 0. The largest absolute Gasteiger partial charge is 0.497 e. The predicted molar refractivity (Wildman–Crippen MR) is 130 cm³/mol. The van der Waals surface area contributed by atoms with Gasteiger partial charge in [0.15, 0.2) is 0 Å². The monoisotopic (exact) mass is 500 g/mol. The number of rotatable bonds is 6. The molecule has 1 saturated heterocycles. The van der Waals surface area contributed by atoms with Crippen molar-refractivity contribution in [1.82, 2.24) is 8.61 Å². The van der Waals surface area contributed by atoms with Crippen LogP contribution in [0, 0.1) is 13.8 Å². The van der Waals surface area contributed by atoms with E-state index in [-0.39, 0.29) is 16.3 Å². The summed E-state index contributed by atoms with van der Waals surface area (Å²) in [6, 6.07) is 19.4. The molecule has 0 aliphatic carbocycles. The third-order valence-electron chi connectivity index (χ3n) is 6.03. The van der Waals surface area contributed by atoms with Crippen molar-refractivity contribution in [2.75, 3.05) is 13.7 Å². The summed E-state index contributed by atoms with van der Waals surface area (Å²) in [5.74, 6) is 0.593. The highest BCUT2D eigenvalue weighted by molar-refractivity contribution is 7.90. The van der Waals surface area contributed by atoms with Gasteiger partial charge in [0.05, 0.1) is 16.9 Å². The average Bonchev–Trinajstić information content (AvgIpc) is 3.18. The number of ether oxygens (including phenoxy) is 1. The van der Waals surface area contributed by atoms with Crippen LogP contribution in [0.3, 0.4) is 0 Å². The van der Waals surface area contributed by atoms with Gasteiger partial charge < -0.3 is 4.74 Å². The fourth-order valence-corrected chi connectivity index (χ4v) is 7.64. The molecule has 1 heterocycles. The summed E-state index contributed by atoms with van der Waals surface area (Å²) in [4.78, 5) is 0.247. The average molecular weight is 501 g/mol. The summed E-state index contributed by atoms with van der Waals surface area (Å²) in [6.07, 6.45) is -1.04. The van der Waals surface area contributed by atoms with Crippen LogP contribution in [0.4, 0.5) is 0 Å². The first-order chi connectivity index (χ1) is 16.1. The maximum Gasteiger partial charge on any atom is 0.245 e. The summed E-state index contributed by atoms with van der Waals surface area (Å²) in [5.41, 5.74) is 2.41. The number of aryl methyl sites for hydroxylation is 2. The first kappa shape index (κ1) is 24.4. The van der Waals surface area contributed by atoms with Gasteiger partial charge in [-0.05, 0) is 62.7 Å². The second-order valence-electron chi connectivity index (χ2n) is 8.53. The molecule has 2 atom stereocenters. The van der Waals surface area contributed by atoms with Crippen LogP contribution < -0.4 is 4.74 Å². The van der Waals surface area contributed by atoms with Gasteiger partial charge in [-0.3, -0.25) is 0 Å². The molecule has 1 fully saturated rings. The van der Waals surface area contributed by atoms with Crippen LogP contribution in [0.5, 0.6) is 5.75 Å². The molecule has 0 aromatic heterocycles. The number of sulfonamides is 2. The molecule has 0 bridgehead atoms. The molecule has 0 spiro atoms. The van der Waals surface area contributed by atoms with Gasteiger partial charge >= 0.3 is 0 Å². The molecule has 3 aromatic carbocycles. The number of benzene rings is 3. The van der Waals surface area contributed by atoms with Gasteiger partial charge in [-0.1, -0.05) is 47.5 Å². The molecule has 0 N–H and O–H groups in total. The van der Waals surface area contributed by atoms with Crippen molar-refractivity contribution >= 4 is 20.0 Å². The molecule has 1 aliphatic heterocycles. The molecule has 180 valence electrons. The van der Waals surface area contributed by atoms with E-state index in [1.54, 1.807) is 79.7 Å². The smallest absolute Gasteiger partial charge is 0.245 e. The van der Waals surface area contributed by atoms with Crippen molar-refractivity contribution in [2.24, 2.45) is 0 Å². The third kappa shape index (κ3) is 4.36. The molecular weight excluding hydrogens is 472 g/mol. The second-order valence-corrected chi connectivity index (χ2v) is 12.3. The maximum absolute atomic E-state index is 13.8. The maximum atomic E-state index is 13.8. The molecule has 3 aromatic rings. The zero-order valence-corrected chi connectivity index (χ0v) is 21.2. The quantitative estimate of drug-likeness (QED) is 0.509. The predicted octanol–water partition coefficient (Wildman–Crippen LogP) is 4.09. The Labute approximate surface area is 201 Å². The van der Waals surface area contributed by atoms with E-state index < -0.39 is 32.3 Å². The SMILES string of the molecule is COc1ccc([C@@H]2N(S(=O)(=O)c3ccc(C)cc3)C[C@H](C)N2S(=O)(=O)c2ccc(C)cc2)cc1. The van der Waals surface area contributed by atoms with Crippen molar-refractivity contribution in [2.45, 2.75) is 42.8 Å². The molecule has 0 amide bonds. The molecule has 1 aliphatic rings.